The number of pyridine rings is 1. The number of nitrogens with zero attached hydrogens (tertiary/aromatic N) is 2. The summed E-state index contributed by atoms with van der Waals surface area (Å²) in [4.78, 5) is 26.6. The number of rotatable bonds is 4. The van der Waals surface area contributed by atoms with Crippen LogP contribution in [0.15, 0.2) is 36.5 Å². The molecule has 108 valence electrons. The van der Waals surface area contributed by atoms with E-state index >= 15 is 0 Å². The van der Waals surface area contributed by atoms with Gasteiger partial charge in [0, 0.05) is 17.8 Å². The van der Waals surface area contributed by atoms with Gasteiger partial charge in [0.15, 0.2) is 5.75 Å². The molecule has 0 aliphatic carbocycles. The van der Waals surface area contributed by atoms with E-state index in [-0.39, 0.29) is 17.0 Å². The van der Waals surface area contributed by atoms with E-state index in [4.69, 9.17) is 4.74 Å². The SMILES string of the molecule is COc1ccc(C(=O)Nc2cccnc2C)cc1[N+](=O)[O-]. The molecule has 0 saturated heterocycles. The van der Waals surface area contributed by atoms with Crippen molar-refractivity contribution in [3.63, 3.8) is 0 Å². The van der Waals surface area contributed by atoms with Crippen LogP contribution in [0.1, 0.15) is 16.1 Å². The van der Waals surface area contributed by atoms with E-state index in [1.807, 2.05) is 0 Å². The van der Waals surface area contributed by atoms with Gasteiger partial charge in [0.1, 0.15) is 0 Å². The molecule has 1 aromatic carbocycles. The van der Waals surface area contributed by atoms with Crippen molar-refractivity contribution in [1.29, 1.82) is 0 Å². The summed E-state index contributed by atoms with van der Waals surface area (Å²) in [5, 5.41) is 13.6. The lowest BCUT2D eigenvalue weighted by atomic mass is 10.1. The number of anilines is 1. The quantitative estimate of drug-likeness (QED) is 0.688. The predicted octanol–water partition coefficient (Wildman–Crippen LogP) is 2.56. The van der Waals surface area contributed by atoms with Crippen molar-refractivity contribution < 1.29 is 14.5 Å². The number of nitro benzene ring substituents is 1. The molecule has 1 aromatic heterocycles. The van der Waals surface area contributed by atoms with E-state index in [9.17, 15) is 14.9 Å². The van der Waals surface area contributed by atoms with Crippen LogP contribution in [0.5, 0.6) is 5.75 Å². The fourth-order valence-electron chi connectivity index (χ4n) is 1.78. The van der Waals surface area contributed by atoms with E-state index in [1.165, 1.54) is 25.3 Å². The Morgan fingerprint density at radius 3 is 2.76 bits per heavy atom. The standard InChI is InChI=1S/C14H13N3O4/c1-9-11(4-3-7-15-9)16-14(18)10-5-6-13(21-2)12(8-10)17(19)20/h3-8H,1-2H3,(H,16,18). The number of benzene rings is 1. The van der Waals surface area contributed by atoms with Crippen LogP contribution in [-0.4, -0.2) is 22.9 Å². The summed E-state index contributed by atoms with van der Waals surface area (Å²) in [6, 6.07) is 7.44. The van der Waals surface area contributed by atoms with Crippen LogP contribution in [0.3, 0.4) is 0 Å². The predicted molar refractivity (Wildman–Crippen MR) is 76.6 cm³/mol. The molecule has 21 heavy (non-hydrogen) atoms. The second-order valence-corrected chi connectivity index (χ2v) is 4.23. The van der Waals surface area contributed by atoms with Gasteiger partial charge in [-0.15, -0.1) is 0 Å². The zero-order chi connectivity index (χ0) is 15.4. The molecule has 0 aliphatic heterocycles. The van der Waals surface area contributed by atoms with Gasteiger partial charge in [-0.2, -0.15) is 0 Å². The minimum atomic E-state index is -0.592. The topological polar surface area (TPSA) is 94.4 Å². The molecule has 1 amide bonds. The number of hydrogen-bond donors (Lipinski definition) is 1. The normalized spacial score (nSPS) is 10.0. The van der Waals surface area contributed by atoms with Crippen LogP contribution in [-0.2, 0) is 0 Å². The molecule has 0 spiro atoms. The van der Waals surface area contributed by atoms with Gasteiger partial charge < -0.3 is 10.1 Å². The number of aryl methyl sites for hydroxylation is 1. The Hall–Kier alpha value is -2.96. The second-order valence-electron chi connectivity index (χ2n) is 4.23. The lowest BCUT2D eigenvalue weighted by Crippen LogP contribution is -2.13. The maximum Gasteiger partial charge on any atom is 0.311 e. The molecule has 2 rings (SSSR count). The van der Waals surface area contributed by atoms with E-state index in [0.717, 1.165) is 0 Å². The third-order valence-corrected chi connectivity index (χ3v) is 2.89. The molecular formula is C14H13N3O4. The number of nitrogens with one attached hydrogen (secondary N) is 1. The van der Waals surface area contributed by atoms with Gasteiger partial charge in [-0.25, -0.2) is 0 Å². The Morgan fingerprint density at radius 2 is 2.14 bits per heavy atom. The van der Waals surface area contributed by atoms with Crippen molar-refractivity contribution in [1.82, 2.24) is 4.98 Å². The molecule has 0 fully saturated rings. The maximum atomic E-state index is 12.1. The van der Waals surface area contributed by atoms with Gasteiger partial charge in [0.05, 0.1) is 23.4 Å². The van der Waals surface area contributed by atoms with Crippen LogP contribution in [0.25, 0.3) is 0 Å². The van der Waals surface area contributed by atoms with Crippen molar-refractivity contribution in [2.45, 2.75) is 6.92 Å². The first kappa shape index (κ1) is 14.4. The molecule has 0 saturated carbocycles. The Bertz CT molecular complexity index is 700. The van der Waals surface area contributed by atoms with Crippen molar-refractivity contribution in [3.8, 4) is 5.75 Å². The van der Waals surface area contributed by atoms with Gasteiger partial charge in [-0.1, -0.05) is 0 Å². The molecule has 0 aliphatic rings. The van der Waals surface area contributed by atoms with Crippen molar-refractivity contribution in [2.75, 3.05) is 12.4 Å². The molecule has 1 heterocycles. The summed E-state index contributed by atoms with van der Waals surface area (Å²) in [5.74, 6) is -0.342. The summed E-state index contributed by atoms with van der Waals surface area (Å²) in [7, 11) is 1.33. The van der Waals surface area contributed by atoms with Gasteiger partial charge in [-0.05, 0) is 31.2 Å². The number of amides is 1. The number of methoxy groups -OCH3 is 1. The van der Waals surface area contributed by atoms with Gasteiger partial charge >= 0.3 is 5.69 Å². The zero-order valence-corrected chi connectivity index (χ0v) is 11.5. The number of carbonyl (C=O) groups is 1. The summed E-state index contributed by atoms with van der Waals surface area (Å²) in [6.45, 7) is 1.76. The zero-order valence-electron chi connectivity index (χ0n) is 11.5. The minimum Gasteiger partial charge on any atom is -0.490 e. The largest absolute Gasteiger partial charge is 0.490 e. The first-order valence-corrected chi connectivity index (χ1v) is 6.08. The molecule has 7 nitrogen and oxygen atoms in total. The molecule has 2 aromatic rings. The second kappa shape index (κ2) is 6.00. The highest BCUT2D eigenvalue weighted by molar-refractivity contribution is 6.05. The summed E-state index contributed by atoms with van der Waals surface area (Å²) >= 11 is 0. The van der Waals surface area contributed by atoms with E-state index < -0.39 is 10.8 Å². The Kier molecular flexibility index (Phi) is 4.13. The van der Waals surface area contributed by atoms with Crippen LogP contribution >= 0.6 is 0 Å². The van der Waals surface area contributed by atoms with Crippen molar-refractivity contribution in [2.24, 2.45) is 0 Å². The van der Waals surface area contributed by atoms with Gasteiger partial charge in [0.25, 0.3) is 5.91 Å². The molecule has 1 N–H and O–H groups in total. The highest BCUT2D eigenvalue weighted by atomic mass is 16.6. The van der Waals surface area contributed by atoms with E-state index in [2.05, 4.69) is 10.3 Å². The Morgan fingerprint density at radius 1 is 1.38 bits per heavy atom. The fourth-order valence-corrected chi connectivity index (χ4v) is 1.78. The van der Waals surface area contributed by atoms with Gasteiger partial charge in [0.2, 0.25) is 0 Å². The maximum absolute atomic E-state index is 12.1. The van der Waals surface area contributed by atoms with Crippen LogP contribution in [0, 0.1) is 17.0 Å². The lowest BCUT2D eigenvalue weighted by Gasteiger charge is -2.08. The van der Waals surface area contributed by atoms with Crippen LogP contribution in [0.4, 0.5) is 11.4 Å². The number of ether oxygens (including phenoxy) is 1. The molecule has 0 bridgehead atoms. The number of hydrogen-bond acceptors (Lipinski definition) is 5. The average Bonchev–Trinajstić information content (AvgIpc) is 2.48. The number of aromatic nitrogens is 1. The van der Waals surface area contributed by atoms with E-state index in [1.54, 1.807) is 25.3 Å². The number of carbonyl (C=O) groups excluding carboxylic acids is 1. The average molecular weight is 287 g/mol. The fraction of sp³-hybridized carbons (Fsp3) is 0.143. The van der Waals surface area contributed by atoms with Crippen LogP contribution < -0.4 is 10.1 Å². The van der Waals surface area contributed by atoms with Crippen LogP contribution in [0.2, 0.25) is 0 Å². The molecule has 0 atom stereocenters. The Labute approximate surface area is 120 Å². The highest BCUT2D eigenvalue weighted by Crippen LogP contribution is 2.27. The Balaban J connectivity index is 2.30. The first-order chi connectivity index (χ1) is 10.0. The summed E-state index contributed by atoms with van der Waals surface area (Å²) in [6.07, 6.45) is 1.61. The van der Waals surface area contributed by atoms with Crippen molar-refractivity contribution >= 4 is 17.3 Å². The number of nitro groups is 1. The third-order valence-electron chi connectivity index (χ3n) is 2.89. The third kappa shape index (κ3) is 3.14. The lowest BCUT2D eigenvalue weighted by molar-refractivity contribution is -0.385. The minimum absolute atomic E-state index is 0.106. The monoisotopic (exact) mass is 287 g/mol. The molecule has 0 unspecified atom stereocenters. The first-order valence-electron chi connectivity index (χ1n) is 6.08. The summed E-state index contributed by atoms with van der Waals surface area (Å²) < 4.78 is 4.90. The molecule has 0 radical (unpaired) electrons. The highest BCUT2D eigenvalue weighted by Gasteiger charge is 2.18. The van der Waals surface area contributed by atoms with Gasteiger partial charge in [-0.3, -0.25) is 19.9 Å². The van der Waals surface area contributed by atoms with Crippen molar-refractivity contribution in [3.05, 3.63) is 57.9 Å². The van der Waals surface area contributed by atoms with E-state index in [0.29, 0.717) is 11.4 Å². The summed E-state index contributed by atoms with van der Waals surface area (Å²) in [5.41, 5.74) is 1.13. The molecular weight excluding hydrogens is 274 g/mol. The molecule has 7 heteroatoms. The smallest absolute Gasteiger partial charge is 0.311 e.